The molecule has 4 rings (SSSR count). The second kappa shape index (κ2) is 6.68. The number of nitrogens with one attached hydrogen (secondary N) is 2. The zero-order valence-electron chi connectivity index (χ0n) is 14.9. The van der Waals surface area contributed by atoms with E-state index in [0.29, 0.717) is 28.9 Å². The Balaban J connectivity index is 1.68. The minimum atomic E-state index is 0.427. The molecule has 0 spiro atoms. The van der Waals surface area contributed by atoms with E-state index in [4.69, 9.17) is 11.1 Å². The largest absolute Gasteiger partial charge is 0.398 e. The van der Waals surface area contributed by atoms with Gasteiger partial charge < -0.3 is 16.5 Å². The van der Waals surface area contributed by atoms with Crippen molar-refractivity contribution in [2.75, 3.05) is 11.1 Å². The number of benzene rings is 2. The molecule has 0 radical (unpaired) electrons. The van der Waals surface area contributed by atoms with Gasteiger partial charge in [-0.1, -0.05) is 24.3 Å². The fourth-order valence-corrected chi connectivity index (χ4v) is 3.18. The first kappa shape index (κ1) is 17.0. The zero-order valence-corrected chi connectivity index (χ0v) is 14.9. The molecule has 136 valence electrons. The summed E-state index contributed by atoms with van der Waals surface area (Å²) in [5.41, 5.74) is 10.9. The lowest BCUT2D eigenvalue weighted by molar-refractivity contribution is 0.112. The summed E-state index contributed by atoms with van der Waals surface area (Å²) in [6, 6.07) is 10.9. The summed E-state index contributed by atoms with van der Waals surface area (Å²) in [5.74, 6) is 1.61. The van der Waals surface area contributed by atoms with Crippen LogP contribution in [0.1, 0.15) is 40.2 Å². The van der Waals surface area contributed by atoms with Crippen molar-refractivity contribution in [1.82, 2.24) is 14.8 Å². The van der Waals surface area contributed by atoms with Gasteiger partial charge in [0.2, 0.25) is 5.95 Å². The van der Waals surface area contributed by atoms with Crippen LogP contribution in [-0.4, -0.2) is 27.3 Å². The zero-order chi connectivity index (χ0) is 19.0. The first-order valence-corrected chi connectivity index (χ1v) is 8.77. The molecular weight excluding hydrogens is 340 g/mol. The lowest BCUT2D eigenvalue weighted by atomic mass is 10.00. The highest BCUT2D eigenvalue weighted by Crippen LogP contribution is 2.46. The number of nitrogen functional groups attached to an aromatic ring is 1. The highest BCUT2D eigenvalue weighted by molar-refractivity contribution is 5.91. The third-order valence-corrected chi connectivity index (χ3v) is 4.77. The molecule has 2 aromatic carbocycles. The molecule has 0 amide bonds. The van der Waals surface area contributed by atoms with Crippen LogP contribution in [0, 0.1) is 5.41 Å². The Labute approximate surface area is 156 Å². The van der Waals surface area contributed by atoms with Crippen LogP contribution in [-0.2, 0) is 7.05 Å². The molecule has 0 saturated heterocycles. The minimum absolute atomic E-state index is 0.427. The van der Waals surface area contributed by atoms with Crippen LogP contribution in [0.2, 0.25) is 0 Å². The number of nitrogens with two attached hydrogens (primary N) is 1. The fraction of sp³-hybridized carbons (Fsp3) is 0.200. The molecule has 7 heteroatoms. The number of hydrogen-bond acceptors (Lipinski definition) is 6. The third kappa shape index (κ3) is 3.19. The van der Waals surface area contributed by atoms with Crippen LogP contribution in [0.15, 0.2) is 36.4 Å². The predicted molar refractivity (Wildman–Crippen MR) is 106 cm³/mol. The summed E-state index contributed by atoms with van der Waals surface area (Å²) >= 11 is 0. The van der Waals surface area contributed by atoms with Crippen molar-refractivity contribution in [2.24, 2.45) is 7.05 Å². The molecular formula is C20H20N6O. The van der Waals surface area contributed by atoms with Gasteiger partial charge in [-0.25, -0.2) is 4.68 Å². The number of aldehydes is 1. The summed E-state index contributed by atoms with van der Waals surface area (Å²) in [7, 11) is 1.82. The van der Waals surface area contributed by atoms with Crippen molar-refractivity contribution in [3.8, 4) is 11.4 Å². The summed E-state index contributed by atoms with van der Waals surface area (Å²) in [6.45, 7) is 0. The Morgan fingerprint density at radius 2 is 1.96 bits per heavy atom. The Morgan fingerprint density at radius 1 is 1.22 bits per heavy atom. The van der Waals surface area contributed by atoms with E-state index in [9.17, 15) is 4.79 Å². The fourth-order valence-electron chi connectivity index (χ4n) is 3.18. The van der Waals surface area contributed by atoms with E-state index in [1.54, 1.807) is 16.8 Å². The number of hydrogen-bond donors (Lipinski definition) is 3. The van der Waals surface area contributed by atoms with Crippen LogP contribution >= 0.6 is 0 Å². The Hall–Kier alpha value is -3.48. The second-order valence-corrected chi connectivity index (χ2v) is 6.70. The first-order valence-electron chi connectivity index (χ1n) is 8.77. The maximum Gasteiger partial charge on any atom is 0.225 e. The molecule has 1 fully saturated rings. The van der Waals surface area contributed by atoms with E-state index in [-0.39, 0.29) is 0 Å². The number of rotatable bonds is 6. The van der Waals surface area contributed by atoms with Crippen LogP contribution in [0.3, 0.4) is 0 Å². The third-order valence-electron chi connectivity index (χ3n) is 4.77. The van der Waals surface area contributed by atoms with Gasteiger partial charge in [-0.2, -0.15) is 4.98 Å². The molecule has 3 aromatic rings. The van der Waals surface area contributed by atoms with Gasteiger partial charge in [0.25, 0.3) is 0 Å². The van der Waals surface area contributed by atoms with Gasteiger partial charge in [-0.05, 0) is 36.5 Å². The molecule has 0 aliphatic heterocycles. The van der Waals surface area contributed by atoms with Crippen molar-refractivity contribution in [2.45, 2.75) is 18.8 Å². The Bertz CT molecular complexity index is 1020. The van der Waals surface area contributed by atoms with Crippen molar-refractivity contribution >= 4 is 29.8 Å². The van der Waals surface area contributed by atoms with E-state index in [1.807, 2.05) is 31.3 Å². The molecule has 1 aromatic heterocycles. The molecule has 1 saturated carbocycles. The number of nitrogens with zero attached hydrogens (tertiary/aromatic N) is 3. The van der Waals surface area contributed by atoms with Crippen LogP contribution in [0.4, 0.5) is 17.3 Å². The molecule has 1 aliphatic rings. The molecule has 1 heterocycles. The van der Waals surface area contributed by atoms with Crippen molar-refractivity contribution < 1.29 is 4.79 Å². The summed E-state index contributed by atoms with van der Waals surface area (Å²) in [5, 5.41) is 15.5. The summed E-state index contributed by atoms with van der Waals surface area (Å²) < 4.78 is 1.68. The van der Waals surface area contributed by atoms with Crippen molar-refractivity contribution in [3.63, 3.8) is 0 Å². The normalized spacial score (nSPS) is 13.4. The summed E-state index contributed by atoms with van der Waals surface area (Å²) in [6.07, 6.45) is 4.34. The smallest absolute Gasteiger partial charge is 0.225 e. The highest BCUT2D eigenvalue weighted by Gasteiger charge is 2.29. The van der Waals surface area contributed by atoms with E-state index < -0.39 is 0 Å². The molecule has 0 unspecified atom stereocenters. The van der Waals surface area contributed by atoms with Gasteiger partial charge in [0.1, 0.15) is 6.29 Å². The predicted octanol–water partition coefficient (Wildman–Crippen LogP) is 3.50. The average molecular weight is 360 g/mol. The lowest BCUT2D eigenvalue weighted by Gasteiger charge is -2.15. The average Bonchev–Trinajstić information content (AvgIpc) is 3.46. The molecule has 0 bridgehead atoms. The topological polar surface area (TPSA) is 110 Å². The van der Waals surface area contributed by atoms with Crippen molar-refractivity contribution in [1.29, 1.82) is 5.41 Å². The number of aryl methyl sites for hydroxylation is 1. The Morgan fingerprint density at radius 3 is 2.59 bits per heavy atom. The van der Waals surface area contributed by atoms with Gasteiger partial charge in [0.05, 0.1) is 0 Å². The number of anilines is 3. The van der Waals surface area contributed by atoms with Gasteiger partial charge in [-0.15, -0.1) is 5.10 Å². The van der Waals surface area contributed by atoms with E-state index >= 15 is 0 Å². The van der Waals surface area contributed by atoms with Gasteiger partial charge in [0.15, 0.2) is 5.82 Å². The molecule has 0 atom stereocenters. The Kier molecular flexibility index (Phi) is 4.19. The first-order chi connectivity index (χ1) is 13.1. The maximum absolute atomic E-state index is 10.8. The van der Waals surface area contributed by atoms with E-state index in [2.05, 4.69) is 15.4 Å². The standard InChI is InChI=1S/C20H20N6O/c1-26-20(24-19(25-26)14-4-2-12(11-27)3-5-14)23-17-9-8-16(22)15(10-21)18(17)13-6-7-13/h2-5,8-11,13,21H,6-7,22H2,1H3,(H,23,24,25). The summed E-state index contributed by atoms with van der Waals surface area (Å²) in [4.78, 5) is 15.4. The highest BCUT2D eigenvalue weighted by atomic mass is 16.1. The van der Waals surface area contributed by atoms with Gasteiger partial charge in [-0.3, -0.25) is 4.79 Å². The molecule has 4 N–H and O–H groups in total. The van der Waals surface area contributed by atoms with Crippen molar-refractivity contribution in [3.05, 3.63) is 53.1 Å². The lowest BCUT2D eigenvalue weighted by Crippen LogP contribution is -2.06. The van der Waals surface area contributed by atoms with Gasteiger partial charge in [0, 0.05) is 41.3 Å². The molecule has 27 heavy (non-hydrogen) atoms. The second-order valence-electron chi connectivity index (χ2n) is 6.70. The maximum atomic E-state index is 10.8. The minimum Gasteiger partial charge on any atom is -0.398 e. The molecule has 7 nitrogen and oxygen atoms in total. The number of carbonyl (C=O) groups is 1. The van der Waals surface area contributed by atoms with Crippen LogP contribution in [0.25, 0.3) is 11.4 Å². The molecule has 1 aliphatic carbocycles. The van der Waals surface area contributed by atoms with E-state index in [0.717, 1.165) is 41.5 Å². The van der Waals surface area contributed by atoms with E-state index in [1.165, 1.54) is 6.21 Å². The number of carbonyl (C=O) groups excluding carboxylic acids is 1. The van der Waals surface area contributed by atoms with Gasteiger partial charge >= 0.3 is 0 Å². The quantitative estimate of drug-likeness (QED) is 0.354. The number of aromatic nitrogens is 3. The monoisotopic (exact) mass is 360 g/mol. The van der Waals surface area contributed by atoms with Crippen LogP contribution in [0.5, 0.6) is 0 Å². The van der Waals surface area contributed by atoms with Crippen LogP contribution < -0.4 is 11.1 Å². The SMILES string of the molecule is Cn1nc(-c2ccc(C=O)cc2)nc1Nc1ccc(N)c(C=N)c1C1CC1.